The lowest BCUT2D eigenvalue weighted by molar-refractivity contribution is -0.116. The van der Waals surface area contributed by atoms with Crippen molar-refractivity contribution in [2.75, 3.05) is 15.9 Å². The molecule has 0 bridgehead atoms. The summed E-state index contributed by atoms with van der Waals surface area (Å²) in [4.78, 5) is 12.4. The molecule has 6 heteroatoms. The van der Waals surface area contributed by atoms with Gasteiger partial charge in [-0.15, -0.1) is 0 Å². The van der Waals surface area contributed by atoms with Crippen LogP contribution in [0.4, 0.5) is 11.4 Å². The first-order chi connectivity index (χ1) is 10.8. The number of hydrogen-bond acceptors (Lipinski definition) is 3. The zero-order chi connectivity index (χ0) is 17.0. The highest BCUT2D eigenvalue weighted by atomic mass is 32.2. The van der Waals surface area contributed by atoms with Crippen LogP contribution in [0.2, 0.25) is 0 Å². The fraction of sp³-hybridized carbons (Fsp3) is 0.235. The first-order valence-corrected chi connectivity index (χ1v) is 9.06. The zero-order valence-corrected chi connectivity index (χ0v) is 14.2. The van der Waals surface area contributed by atoms with E-state index in [1.165, 1.54) is 0 Å². The molecule has 0 radical (unpaired) electrons. The monoisotopic (exact) mass is 332 g/mol. The van der Waals surface area contributed by atoms with Crippen molar-refractivity contribution in [3.05, 3.63) is 60.2 Å². The molecule has 0 aromatic heterocycles. The second kappa shape index (κ2) is 6.83. The summed E-state index contributed by atoms with van der Waals surface area (Å²) >= 11 is 0. The van der Waals surface area contributed by atoms with Crippen LogP contribution in [0.25, 0.3) is 0 Å². The molecule has 0 heterocycles. The van der Waals surface area contributed by atoms with Gasteiger partial charge in [-0.3, -0.25) is 9.10 Å². The minimum atomic E-state index is -3.59. The fourth-order valence-electron chi connectivity index (χ4n) is 2.27. The number of carbonyl (C=O) groups is 1. The predicted octanol–water partition coefficient (Wildman–Crippen LogP) is 2.79. The van der Waals surface area contributed by atoms with E-state index in [4.69, 9.17) is 0 Å². The Morgan fingerprint density at radius 3 is 2.13 bits per heavy atom. The molecule has 2 rings (SSSR count). The third-order valence-electron chi connectivity index (χ3n) is 3.42. The SMILES string of the molecule is Cc1ccc(NC(=O)[C@@H](C)N(c2ccccc2)S(C)(=O)=O)cc1. The quantitative estimate of drug-likeness (QED) is 0.915. The lowest BCUT2D eigenvalue weighted by atomic mass is 10.2. The summed E-state index contributed by atoms with van der Waals surface area (Å²) in [6.07, 6.45) is 1.09. The van der Waals surface area contributed by atoms with E-state index in [-0.39, 0.29) is 5.91 Å². The number of amides is 1. The Morgan fingerprint density at radius 1 is 1.04 bits per heavy atom. The Labute approximate surface area is 137 Å². The van der Waals surface area contributed by atoms with Gasteiger partial charge in [0.1, 0.15) is 6.04 Å². The molecular weight excluding hydrogens is 312 g/mol. The number of nitrogens with zero attached hydrogens (tertiary/aromatic N) is 1. The molecule has 2 aromatic carbocycles. The molecule has 1 atom stereocenters. The molecule has 2 aromatic rings. The molecule has 122 valence electrons. The summed E-state index contributed by atoms with van der Waals surface area (Å²) in [5, 5.41) is 2.75. The minimum Gasteiger partial charge on any atom is -0.324 e. The van der Waals surface area contributed by atoms with Crippen LogP contribution in [-0.4, -0.2) is 26.6 Å². The Bertz CT molecular complexity index is 771. The first-order valence-electron chi connectivity index (χ1n) is 7.21. The van der Waals surface area contributed by atoms with Gasteiger partial charge in [0.25, 0.3) is 0 Å². The number of hydrogen-bond donors (Lipinski definition) is 1. The molecule has 0 aliphatic carbocycles. The summed E-state index contributed by atoms with van der Waals surface area (Å²) in [7, 11) is -3.59. The molecule has 1 amide bonds. The zero-order valence-electron chi connectivity index (χ0n) is 13.4. The van der Waals surface area contributed by atoms with Crippen molar-refractivity contribution < 1.29 is 13.2 Å². The molecular formula is C17H20N2O3S. The van der Waals surface area contributed by atoms with Crippen LogP contribution in [0.15, 0.2) is 54.6 Å². The van der Waals surface area contributed by atoms with Gasteiger partial charge in [-0.1, -0.05) is 35.9 Å². The maximum atomic E-state index is 12.4. The third-order valence-corrected chi connectivity index (χ3v) is 4.66. The summed E-state index contributed by atoms with van der Waals surface area (Å²) in [5.74, 6) is -0.386. The van der Waals surface area contributed by atoms with Crippen molar-refractivity contribution in [1.82, 2.24) is 0 Å². The molecule has 5 nitrogen and oxygen atoms in total. The van der Waals surface area contributed by atoms with Crippen LogP contribution >= 0.6 is 0 Å². The largest absolute Gasteiger partial charge is 0.324 e. The van der Waals surface area contributed by atoms with Gasteiger partial charge in [0.05, 0.1) is 11.9 Å². The summed E-state index contributed by atoms with van der Waals surface area (Å²) in [6, 6.07) is 15.1. The van der Waals surface area contributed by atoms with E-state index >= 15 is 0 Å². The van der Waals surface area contributed by atoms with E-state index in [2.05, 4.69) is 5.32 Å². The van der Waals surface area contributed by atoms with E-state index in [9.17, 15) is 13.2 Å². The van der Waals surface area contributed by atoms with Crippen LogP contribution in [0.5, 0.6) is 0 Å². The van der Waals surface area contributed by atoms with Crippen LogP contribution in [-0.2, 0) is 14.8 Å². The smallest absolute Gasteiger partial charge is 0.247 e. The molecule has 0 saturated carbocycles. The average Bonchev–Trinajstić information content (AvgIpc) is 2.49. The predicted molar refractivity (Wildman–Crippen MR) is 93.0 cm³/mol. The molecule has 0 spiro atoms. The molecule has 0 unspecified atom stereocenters. The van der Waals surface area contributed by atoms with Crippen LogP contribution < -0.4 is 9.62 Å². The van der Waals surface area contributed by atoms with E-state index < -0.39 is 16.1 Å². The van der Waals surface area contributed by atoms with Crippen LogP contribution in [0.3, 0.4) is 0 Å². The van der Waals surface area contributed by atoms with E-state index in [0.717, 1.165) is 16.1 Å². The number of carbonyl (C=O) groups excluding carboxylic acids is 1. The highest BCUT2D eigenvalue weighted by Crippen LogP contribution is 2.21. The average molecular weight is 332 g/mol. The number of anilines is 2. The van der Waals surface area contributed by atoms with Crippen LogP contribution in [0.1, 0.15) is 12.5 Å². The second-order valence-corrected chi connectivity index (χ2v) is 7.29. The number of nitrogens with one attached hydrogen (secondary N) is 1. The topological polar surface area (TPSA) is 66.5 Å². The van der Waals surface area contributed by atoms with Crippen molar-refractivity contribution in [3.8, 4) is 0 Å². The molecule has 0 aliphatic heterocycles. The Kier molecular flexibility index (Phi) is 5.05. The Balaban J connectivity index is 2.25. The van der Waals surface area contributed by atoms with Crippen molar-refractivity contribution in [2.24, 2.45) is 0 Å². The van der Waals surface area contributed by atoms with Gasteiger partial charge in [-0.2, -0.15) is 0 Å². The fourth-order valence-corrected chi connectivity index (χ4v) is 3.44. The molecule has 1 N–H and O–H groups in total. The van der Waals surface area contributed by atoms with Gasteiger partial charge in [0.2, 0.25) is 15.9 Å². The maximum absolute atomic E-state index is 12.4. The number of benzene rings is 2. The van der Waals surface area contributed by atoms with Gasteiger partial charge in [0.15, 0.2) is 0 Å². The molecule has 0 aliphatic rings. The Hall–Kier alpha value is -2.34. The number of sulfonamides is 1. The van der Waals surface area contributed by atoms with Gasteiger partial charge >= 0.3 is 0 Å². The summed E-state index contributed by atoms with van der Waals surface area (Å²) < 4.78 is 25.4. The van der Waals surface area contributed by atoms with Gasteiger partial charge in [-0.25, -0.2) is 8.42 Å². The summed E-state index contributed by atoms with van der Waals surface area (Å²) in [6.45, 7) is 3.52. The maximum Gasteiger partial charge on any atom is 0.247 e. The highest BCUT2D eigenvalue weighted by Gasteiger charge is 2.28. The van der Waals surface area contributed by atoms with Gasteiger partial charge < -0.3 is 5.32 Å². The lowest BCUT2D eigenvalue weighted by Gasteiger charge is -2.28. The van der Waals surface area contributed by atoms with Gasteiger partial charge in [-0.05, 0) is 38.1 Å². The van der Waals surface area contributed by atoms with Crippen LogP contribution in [0, 0.1) is 6.92 Å². The van der Waals surface area contributed by atoms with E-state index in [0.29, 0.717) is 11.4 Å². The van der Waals surface area contributed by atoms with E-state index in [1.807, 2.05) is 19.1 Å². The Morgan fingerprint density at radius 2 is 1.61 bits per heavy atom. The third kappa shape index (κ3) is 4.32. The number of rotatable bonds is 5. The normalized spacial score (nSPS) is 12.5. The standard InChI is InChI=1S/C17H20N2O3S/c1-13-9-11-15(12-10-13)18-17(20)14(2)19(23(3,21)22)16-7-5-4-6-8-16/h4-12,14H,1-3H3,(H,18,20)/t14-/m1/s1. The van der Waals surface area contributed by atoms with Gasteiger partial charge in [0, 0.05) is 5.69 Å². The van der Waals surface area contributed by atoms with Crippen molar-refractivity contribution in [1.29, 1.82) is 0 Å². The molecule has 0 saturated heterocycles. The second-order valence-electron chi connectivity index (χ2n) is 5.43. The number of para-hydroxylation sites is 1. The van der Waals surface area contributed by atoms with Crippen molar-refractivity contribution in [2.45, 2.75) is 19.9 Å². The molecule has 23 heavy (non-hydrogen) atoms. The minimum absolute atomic E-state index is 0.386. The van der Waals surface area contributed by atoms with Crippen molar-refractivity contribution >= 4 is 27.3 Å². The van der Waals surface area contributed by atoms with E-state index in [1.54, 1.807) is 49.4 Å². The number of aryl methyl sites for hydroxylation is 1. The van der Waals surface area contributed by atoms with Crippen molar-refractivity contribution in [3.63, 3.8) is 0 Å². The molecule has 0 fully saturated rings. The summed E-state index contributed by atoms with van der Waals surface area (Å²) in [5.41, 5.74) is 2.17. The lowest BCUT2D eigenvalue weighted by Crippen LogP contribution is -2.45. The first kappa shape index (κ1) is 17.0. The highest BCUT2D eigenvalue weighted by molar-refractivity contribution is 7.92.